The van der Waals surface area contributed by atoms with Crippen LogP contribution in [0.1, 0.15) is 51.4 Å². The van der Waals surface area contributed by atoms with Crippen LogP contribution in [0.2, 0.25) is 5.02 Å². The van der Waals surface area contributed by atoms with Crippen LogP contribution < -0.4 is 10.6 Å². The van der Waals surface area contributed by atoms with Crippen LogP contribution in [0.4, 0.5) is 0 Å². The smallest absolute Gasteiger partial charge is 0.268 e. The van der Waals surface area contributed by atoms with Crippen LogP contribution in [0.15, 0.2) is 36.4 Å². The Morgan fingerprint density at radius 3 is 2.81 bits per heavy atom. The molecular weight excluding hydrogens is 432 g/mol. The van der Waals surface area contributed by atoms with Crippen LogP contribution in [0.5, 0.6) is 0 Å². The number of halogens is 1. The summed E-state index contributed by atoms with van der Waals surface area (Å²) in [6, 6.07) is 11.1. The Kier molecular flexibility index (Phi) is 7.07. The maximum absolute atomic E-state index is 13.1. The number of amides is 1. The third kappa shape index (κ3) is 5.18. The molecular formula is C23H27ClN4O2S. The number of aliphatic hydroxyl groups is 1. The third-order valence-corrected chi connectivity index (χ3v) is 7.19. The minimum Gasteiger partial charge on any atom is -0.396 e. The predicted octanol–water partition coefficient (Wildman–Crippen LogP) is 4.25. The van der Waals surface area contributed by atoms with E-state index in [0.29, 0.717) is 17.1 Å². The highest BCUT2D eigenvalue weighted by Gasteiger charge is 2.30. The van der Waals surface area contributed by atoms with E-state index in [1.807, 2.05) is 37.3 Å². The second-order valence-corrected chi connectivity index (χ2v) is 9.39. The van der Waals surface area contributed by atoms with Gasteiger partial charge in [-0.05, 0) is 56.1 Å². The second kappa shape index (κ2) is 9.96. The Labute approximate surface area is 191 Å². The van der Waals surface area contributed by atoms with Gasteiger partial charge in [0, 0.05) is 34.7 Å². The largest absolute Gasteiger partial charge is 0.396 e. The number of aliphatic hydroxyl groups excluding tert-OH is 1. The lowest BCUT2D eigenvalue weighted by Crippen LogP contribution is -2.46. The molecule has 1 amide bonds. The van der Waals surface area contributed by atoms with Crippen LogP contribution in [0.3, 0.4) is 0 Å². The summed E-state index contributed by atoms with van der Waals surface area (Å²) >= 11 is 7.56. The van der Waals surface area contributed by atoms with Gasteiger partial charge in [0.25, 0.3) is 5.91 Å². The van der Waals surface area contributed by atoms with Gasteiger partial charge in [-0.3, -0.25) is 4.79 Å². The van der Waals surface area contributed by atoms with Crippen LogP contribution in [0, 0.1) is 6.92 Å². The van der Waals surface area contributed by atoms with Crippen LogP contribution in [-0.4, -0.2) is 40.2 Å². The number of H-pyrrole nitrogens is 1. The second-order valence-electron chi connectivity index (χ2n) is 7.83. The van der Waals surface area contributed by atoms with Crippen molar-refractivity contribution in [3.8, 4) is 11.3 Å². The lowest BCUT2D eigenvalue weighted by atomic mass is 9.98. The SMILES string of the molecule is Cc1nc([C@@H](NC(=O)c2ccc(-c3ccc(Cl)cc3)[nH]2)[C@@H]2CCCCN2)sc1CCO. The number of aromatic amines is 1. The summed E-state index contributed by atoms with van der Waals surface area (Å²) in [6.45, 7) is 2.99. The lowest BCUT2D eigenvalue weighted by molar-refractivity contribution is 0.0918. The first-order valence-corrected chi connectivity index (χ1v) is 11.8. The number of piperidine rings is 1. The Hall–Kier alpha value is -2.19. The van der Waals surface area contributed by atoms with Gasteiger partial charge in [0.05, 0.1) is 11.7 Å². The van der Waals surface area contributed by atoms with Gasteiger partial charge < -0.3 is 20.7 Å². The molecule has 164 valence electrons. The van der Waals surface area contributed by atoms with Crippen molar-refractivity contribution in [2.45, 2.75) is 44.7 Å². The van der Waals surface area contributed by atoms with Crippen LogP contribution in [0.25, 0.3) is 11.3 Å². The highest BCUT2D eigenvalue weighted by Crippen LogP contribution is 2.30. The van der Waals surface area contributed by atoms with Gasteiger partial charge in [-0.2, -0.15) is 0 Å². The minimum absolute atomic E-state index is 0.0944. The van der Waals surface area contributed by atoms with Crippen LogP contribution >= 0.6 is 22.9 Å². The fraction of sp³-hybridized carbons (Fsp3) is 0.391. The standard InChI is InChI=1S/C23H27ClN4O2S/c1-14-20(11-13-29)31-23(26-14)21(18-4-2-3-12-25-18)28-22(30)19-10-9-17(27-19)15-5-7-16(24)8-6-15/h5-10,18,21,25,27,29H,2-4,11-13H2,1H3,(H,28,30)/t18-,21-/m0/s1. The third-order valence-electron chi connectivity index (χ3n) is 5.64. The number of benzene rings is 1. The zero-order valence-corrected chi connectivity index (χ0v) is 19.0. The zero-order valence-electron chi connectivity index (χ0n) is 17.5. The van der Waals surface area contributed by atoms with E-state index in [1.54, 1.807) is 17.4 Å². The first-order valence-electron chi connectivity index (χ1n) is 10.6. The monoisotopic (exact) mass is 458 g/mol. The first kappa shape index (κ1) is 22.0. The van der Waals surface area contributed by atoms with E-state index in [2.05, 4.69) is 15.6 Å². The fourth-order valence-electron chi connectivity index (χ4n) is 3.96. The molecule has 0 saturated carbocycles. The molecule has 1 saturated heterocycles. The van der Waals surface area contributed by atoms with Crippen molar-refractivity contribution < 1.29 is 9.90 Å². The summed E-state index contributed by atoms with van der Waals surface area (Å²) in [5.41, 5.74) is 3.27. The molecule has 3 aromatic rings. The van der Waals surface area contributed by atoms with Gasteiger partial charge in [-0.15, -0.1) is 11.3 Å². The molecule has 1 aromatic carbocycles. The van der Waals surface area contributed by atoms with Crippen molar-refractivity contribution in [1.82, 2.24) is 20.6 Å². The highest BCUT2D eigenvalue weighted by atomic mass is 35.5. The fourth-order valence-corrected chi connectivity index (χ4v) is 5.26. The van der Waals surface area contributed by atoms with Gasteiger partial charge in [-0.1, -0.05) is 30.2 Å². The number of aromatic nitrogens is 2. The predicted molar refractivity (Wildman–Crippen MR) is 125 cm³/mol. The van der Waals surface area contributed by atoms with Crippen molar-refractivity contribution in [2.24, 2.45) is 0 Å². The number of nitrogens with zero attached hydrogens (tertiary/aromatic N) is 1. The molecule has 0 unspecified atom stereocenters. The molecule has 3 heterocycles. The number of hydrogen-bond donors (Lipinski definition) is 4. The molecule has 0 aliphatic carbocycles. The first-order chi connectivity index (χ1) is 15.0. The van der Waals surface area contributed by atoms with E-state index < -0.39 is 0 Å². The lowest BCUT2D eigenvalue weighted by Gasteiger charge is -2.30. The van der Waals surface area contributed by atoms with E-state index in [-0.39, 0.29) is 24.6 Å². The molecule has 4 N–H and O–H groups in total. The Morgan fingerprint density at radius 2 is 2.10 bits per heavy atom. The van der Waals surface area contributed by atoms with Gasteiger partial charge in [-0.25, -0.2) is 4.98 Å². The topological polar surface area (TPSA) is 90.0 Å². The van der Waals surface area contributed by atoms with Gasteiger partial charge >= 0.3 is 0 Å². The van der Waals surface area contributed by atoms with Crippen molar-refractivity contribution in [3.63, 3.8) is 0 Å². The summed E-state index contributed by atoms with van der Waals surface area (Å²) in [5.74, 6) is -0.158. The number of carbonyl (C=O) groups excluding carboxylic acids is 1. The molecule has 4 rings (SSSR count). The molecule has 0 bridgehead atoms. The number of nitrogens with one attached hydrogen (secondary N) is 3. The number of rotatable bonds is 7. The average molecular weight is 459 g/mol. The summed E-state index contributed by atoms with van der Waals surface area (Å²) < 4.78 is 0. The van der Waals surface area contributed by atoms with E-state index in [4.69, 9.17) is 16.6 Å². The van der Waals surface area contributed by atoms with Gasteiger partial charge in [0.2, 0.25) is 0 Å². The molecule has 6 nitrogen and oxygen atoms in total. The Balaban J connectivity index is 1.56. The average Bonchev–Trinajstić information content (AvgIpc) is 3.41. The molecule has 2 aromatic heterocycles. The number of aryl methyl sites for hydroxylation is 1. The van der Waals surface area contributed by atoms with Crippen molar-refractivity contribution >= 4 is 28.8 Å². The zero-order chi connectivity index (χ0) is 21.8. The molecule has 1 fully saturated rings. The summed E-state index contributed by atoms with van der Waals surface area (Å²) in [6.07, 6.45) is 3.84. The minimum atomic E-state index is -0.216. The molecule has 1 aliphatic rings. The number of thiazole rings is 1. The molecule has 0 radical (unpaired) electrons. The normalized spacial score (nSPS) is 17.5. The molecule has 8 heteroatoms. The maximum atomic E-state index is 13.1. The van der Waals surface area contributed by atoms with Gasteiger partial charge in [0.1, 0.15) is 10.7 Å². The van der Waals surface area contributed by atoms with Gasteiger partial charge in [0.15, 0.2) is 0 Å². The molecule has 2 atom stereocenters. The van der Waals surface area contributed by atoms with E-state index in [9.17, 15) is 9.90 Å². The number of hydrogen-bond acceptors (Lipinski definition) is 5. The Bertz CT molecular complexity index is 1020. The summed E-state index contributed by atoms with van der Waals surface area (Å²) in [7, 11) is 0. The summed E-state index contributed by atoms with van der Waals surface area (Å²) in [5, 5.41) is 17.7. The Morgan fingerprint density at radius 1 is 1.29 bits per heavy atom. The van der Waals surface area contributed by atoms with E-state index in [0.717, 1.165) is 52.6 Å². The molecule has 0 spiro atoms. The highest BCUT2D eigenvalue weighted by molar-refractivity contribution is 7.11. The quantitative estimate of drug-likeness (QED) is 0.426. The van der Waals surface area contributed by atoms with Crippen molar-refractivity contribution in [2.75, 3.05) is 13.2 Å². The summed E-state index contributed by atoms with van der Waals surface area (Å²) in [4.78, 5) is 22.2. The van der Waals surface area contributed by atoms with E-state index >= 15 is 0 Å². The van der Waals surface area contributed by atoms with Crippen molar-refractivity contribution in [1.29, 1.82) is 0 Å². The number of carbonyl (C=O) groups is 1. The maximum Gasteiger partial charge on any atom is 0.268 e. The molecule has 31 heavy (non-hydrogen) atoms. The van der Waals surface area contributed by atoms with Crippen molar-refractivity contribution in [3.05, 3.63) is 62.7 Å². The van der Waals surface area contributed by atoms with E-state index in [1.165, 1.54) is 0 Å². The van der Waals surface area contributed by atoms with Crippen LogP contribution in [-0.2, 0) is 6.42 Å². The molecule has 1 aliphatic heterocycles.